The van der Waals surface area contributed by atoms with Gasteiger partial charge >= 0.3 is 0 Å². The van der Waals surface area contributed by atoms with Crippen molar-refractivity contribution in [1.82, 2.24) is 0 Å². The van der Waals surface area contributed by atoms with Crippen LogP contribution < -0.4 is 0 Å². The predicted octanol–water partition coefficient (Wildman–Crippen LogP) is 6.63. The Kier molecular flexibility index (Phi) is 8.35. The van der Waals surface area contributed by atoms with E-state index in [1.165, 1.54) is 29.5 Å². The molecule has 0 bridgehead atoms. The summed E-state index contributed by atoms with van der Waals surface area (Å²) in [5, 5.41) is 0. The van der Waals surface area contributed by atoms with Gasteiger partial charge in [-0.25, -0.2) is 0 Å². The van der Waals surface area contributed by atoms with Gasteiger partial charge in [0.15, 0.2) is 0 Å². The van der Waals surface area contributed by atoms with E-state index in [1.807, 2.05) is 18.2 Å². The molecule has 0 fully saturated rings. The van der Waals surface area contributed by atoms with Gasteiger partial charge in [0.2, 0.25) is 8.32 Å². The molecule has 0 amide bonds. The minimum atomic E-state index is -1.64. The number of benzene rings is 1. The normalized spacial score (nSPS) is 13.5. The Morgan fingerprint density at radius 2 is 1.54 bits per heavy atom. The first-order valence-electron chi connectivity index (χ1n) is 9.32. The molecule has 24 heavy (non-hydrogen) atoms. The third kappa shape index (κ3) is 5.56. The minimum Gasteiger partial charge on any atom is -0.546 e. The van der Waals surface area contributed by atoms with Crippen LogP contribution in [0.15, 0.2) is 41.7 Å². The Hall–Kier alpha value is -1.46. The lowest BCUT2D eigenvalue weighted by molar-refractivity contribution is 0.310. The second kappa shape index (κ2) is 9.74. The fourth-order valence-corrected chi connectivity index (χ4v) is 5.71. The molecule has 0 aliphatic carbocycles. The first-order chi connectivity index (χ1) is 11.4. The van der Waals surface area contributed by atoms with E-state index in [4.69, 9.17) is 4.43 Å². The number of hydrogen-bond acceptors (Lipinski definition) is 1. The van der Waals surface area contributed by atoms with Crippen molar-refractivity contribution in [3.05, 3.63) is 47.2 Å². The fourth-order valence-electron chi connectivity index (χ4n) is 2.92. The quantitative estimate of drug-likeness (QED) is 0.307. The molecule has 2 atom stereocenters. The fraction of sp³-hybridized carbons (Fsp3) is 0.545. The van der Waals surface area contributed by atoms with Crippen LogP contribution in [-0.2, 0) is 4.43 Å². The van der Waals surface area contributed by atoms with Crippen LogP contribution in [0.3, 0.4) is 0 Å². The van der Waals surface area contributed by atoms with Crippen LogP contribution >= 0.6 is 0 Å². The second-order valence-corrected chi connectivity index (χ2v) is 11.6. The third-order valence-electron chi connectivity index (χ3n) is 5.13. The van der Waals surface area contributed by atoms with Gasteiger partial charge in [0, 0.05) is 17.4 Å². The average Bonchev–Trinajstić information content (AvgIpc) is 2.61. The number of rotatable bonds is 7. The van der Waals surface area contributed by atoms with Crippen LogP contribution in [0, 0.1) is 23.7 Å². The van der Waals surface area contributed by atoms with Crippen molar-refractivity contribution in [3.63, 3.8) is 0 Å². The molecule has 0 aliphatic heterocycles. The lowest BCUT2D eigenvalue weighted by Gasteiger charge is -2.34. The molecular weight excluding hydrogens is 308 g/mol. The summed E-state index contributed by atoms with van der Waals surface area (Å²) in [6.45, 7) is 15.7. The zero-order valence-electron chi connectivity index (χ0n) is 16.6. The van der Waals surface area contributed by atoms with Crippen molar-refractivity contribution in [2.24, 2.45) is 11.8 Å². The van der Waals surface area contributed by atoms with Crippen LogP contribution in [0.2, 0.25) is 18.1 Å². The van der Waals surface area contributed by atoms with E-state index in [0.29, 0.717) is 5.92 Å². The molecule has 0 saturated carbocycles. The standard InChI is InChI=1S/C22H34OSi/c1-8-24(9-2,10-3)23-22(18(4)5)20(7)19(6)16-17-21-14-12-11-13-15-21/h11-15,19-20H,8-10H2,1-7H3/t19-,20+/m0/s1. The molecule has 0 heterocycles. The number of hydrogen-bond donors (Lipinski definition) is 0. The topological polar surface area (TPSA) is 9.23 Å². The maximum Gasteiger partial charge on any atom is 0.250 e. The van der Waals surface area contributed by atoms with Crippen LogP contribution in [0.5, 0.6) is 0 Å². The van der Waals surface area contributed by atoms with Gasteiger partial charge < -0.3 is 4.43 Å². The molecule has 0 radical (unpaired) electrons. The Labute approximate surface area is 150 Å². The molecule has 0 aliphatic rings. The summed E-state index contributed by atoms with van der Waals surface area (Å²) in [5.41, 5.74) is 2.37. The molecule has 0 spiro atoms. The van der Waals surface area contributed by atoms with E-state index in [9.17, 15) is 0 Å². The molecular formula is C22H34OSi. The predicted molar refractivity (Wildman–Crippen MR) is 108 cm³/mol. The summed E-state index contributed by atoms with van der Waals surface area (Å²) in [4.78, 5) is 0. The Morgan fingerprint density at radius 1 is 1.00 bits per heavy atom. The van der Waals surface area contributed by atoms with Crippen molar-refractivity contribution in [3.8, 4) is 11.8 Å². The summed E-state index contributed by atoms with van der Waals surface area (Å²) in [6, 6.07) is 13.7. The molecule has 0 aromatic heterocycles. The maximum atomic E-state index is 6.73. The zero-order chi connectivity index (χ0) is 18.2. The summed E-state index contributed by atoms with van der Waals surface area (Å²) in [6.07, 6.45) is 0. The van der Waals surface area contributed by atoms with Crippen LogP contribution in [0.4, 0.5) is 0 Å². The Balaban J connectivity index is 2.97. The van der Waals surface area contributed by atoms with E-state index in [-0.39, 0.29) is 5.92 Å². The molecule has 0 saturated heterocycles. The smallest absolute Gasteiger partial charge is 0.250 e. The van der Waals surface area contributed by atoms with E-state index < -0.39 is 8.32 Å². The highest BCUT2D eigenvalue weighted by Gasteiger charge is 2.33. The summed E-state index contributed by atoms with van der Waals surface area (Å²) in [7, 11) is -1.64. The first-order valence-corrected chi connectivity index (χ1v) is 11.8. The van der Waals surface area contributed by atoms with Crippen molar-refractivity contribution in [1.29, 1.82) is 0 Å². The molecule has 1 rings (SSSR count). The van der Waals surface area contributed by atoms with Gasteiger partial charge in [-0.05, 0) is 49.7 Å². The monoisotopic (exact) mass is 342 g/mol. The van der Waals surface area contributed by atoms with Gasteiger partial charge in [-0.1, -0.05) is 64.7 Å². The largest absolute Gasteiger partial charge is 0.546 e. The Morgan fingerprint density at radius 3 is 2.00 bits per heavy atom. The van der Waals surface area contributed by atoms with Gasteiger partial charge in [-0.15, -0.1) is 0 Å². The van der Waals surface area contributed by atoms with Gasteiger partial charge in [0.1, 0.15) is 0 Å². The molecule has 132 valence electrons. The summed E-state index contributed by atoms with van der Waals surface area (Å²) in [5.74, 6) is 8.51. The lowest BCUT2D eigenvalue weighted by Crippen LogP contribution is -2.37. The molecule has 2 heteroatoms. The molecule has 1 aromatic rings. The summed E-state index contributed by atoms with van der Waals surface area (Å²) < 4.78 is 6.73. The SMILES string of the molecule is CC[Si](CC)(CC)OC(=C(C)C)[C@H](C)[C@@H](C)C#Cc1ccccc1. The van der Waals surface area contributed by atoms with E-state index in [0.717, 1.165) is 5.56 Å². The van der Waals surface area contributed by atoms with Gasteiger partial charge in [-0.3, -0.25) is 0 Å². The van der Waals surface area contributed by atoms with Gasteiger partial charge in [-0.2, -0.15) is 0 Å². The van der Waals surface area contributed by atoms with Crippen molar-refractivity contribution in [2.75, 3.05) is 0 Å². The first kappa shape index (κ1) is 20.6. The maximum absolute atomic E-state index is 6.73. The third-order valence-corrected chi connectivity index (χ3v) is 9.65. The van der Waals surface area contributed by atoms with Crippen LogP contribution in [0.25, 0.3) is 0 Å². The van der Waals surface area contributed by atoms with Crippen LogP contribution in [-0.4, -0.2) is 8.32 Å². The Bertz CT molecular complexity index is 575. The highest BCUT2D eigenvalue weighted by Crippen LogP contribution is 2.32. The average molecular weight is 343 g/mol. The van der Waals surface area contributed by atoms with Gasteiger partial charge in [0.25, 0.3) is 0 Å². The lowest BCUT2D eigenvalue weighted by atomic mass is 9.92. The zero-order valence-corrected chi connectivity index (χ0v) is 17.6. The van der Waals surface area contributed by atoms with E-state index in [1.54, 1.807) is 0 Å². The molecule has 0 unspecified atom stereocenters. The van der Waals surface area contributed by atoms with Gasteiger partial charge in [0.05, 0.1) is 5.76 Å². The van der Waals surface area contributed by atoms with E-state index in [2.05, 4.69) is 72.4 Å². The highest BCUT2D eigenvalue weighted by atomic mass is 28.4. The molecule has 1 aromatic carbocycles. The minimum absolute atomic E-state index is 0.271. The second-order valence-electron chi connectivity index (χ2n) is 6.92. The van der Waals surface area contributed by atoms with Crippen LogP contribution in [0.1, 0.15) is 54.0 Å². The highest BCUT2D eigenvalue weighted by molar-refractivity contribution is 6.73. The molecule has 1 nitrogen and oxygen atoms in total. The summed E-state index contributed by atoms with van der Waals surface area (Å²) >= 11 is 0. The number of allylic oxidation sites excluding steroid dienone is 2. The van der Waals surface area contributed by atoms with Crippen molar-refractivity contribution >= 4 is 8.32 Å². The van der Waals surface area contributed by atoms with E-state index >= 15 is 0 Å². The molecule has 0 N–H and O–H groups in total. The van der Waals surface area contributed by atoms with Crippen molar-refractivity contribution < 1.29 is 4.43 Å². The van der Waals surface area contributed by atoms with Crippen molar-refractivity contribution in [2.45, 2.75) is 66.6 Å².